The molecule has 2 aromatic rings. The Hall–Kier alpha value is -1.76. The van der Waals surface area contributed by atoms with Crippen molar-refractivity contribution in [1.29, 1.82) is 0 Å². The molecule has 22 heavy (non-hydrogen) atoms. The highest BCUT2D eigenvalue weighted by molar-refractivity contribution is 7.83. The smallest absolute Gasteiger partial charge is 0.387 e. The van der Waals surface area contributed by atoms with Crippen LogP contribution in [0.25, 0.3) is 0 Å². The third-order valence-electron chi connectivity index (χ3n) is 2.88. The van der Waals surface area contributed by atoms with Crippen LogP contribution in [0.5, 0.6) is 5.75 Å². The number of hydrogen-bond donors (Lipinski definition) is 0. The van der Waals surface area contributed by atoms with Gasteiger partial charge in [0.1, 0.15) is 17.3 Å². The molecule has 0 aliphatic heterocycles. The highest BCUT2D eigenvalue weighted by Crippen LogP contribution is 2.19. The van der Waals surface area contributed by atoms with E-state index in [-0.39, 0.29) is 23.2 Å². The summed E-state index contributed by atoms with van der Waals surface area (Å²) in [5, 5.41) is 0. The number of hydrogen-bond acceptors (Lipinski definition) is 4. The van der Waals surface area contributed by atoms with E-state index in [4.69, 9.17) is 4.42 Å². The zero-order valence-corrected chi connectivity index (χ0v) is 13.1. The van der Waals surface area contributed by atoms with E-state index in [1.807, 2.05) is 13.8 Å². The van der Waals surface area contributed by atoms with Crippen LogP contribution in [0.15, 0.2) is 34.9 Å². The minimum Gasteiger partial charge on any atom is -0.444 e. The molecule has 0 radical (unpaired) electrons. The molecule has 0 aliphatic carbocycles. The first-order valence-corrected chi connectivity index (χ1v) is 8.26. The van der Waals surface area contributed by atoms with Crippen LogP contribution in [-0.4, -0.2) is 15.8 Å². The maximum Gasteiger partial charge on any atom is 0.387 e. The van der Waals surface area contributed by atoms with Gasteiger partial charge in [-0.1, -0.05) is 26.0 Å². The summed E-state index contributed by atoms with van der Waals surface area (Å²) in [7, 11) is -1.24. The third kappa shape index (κ3) is 4.91. The summed E-state index contributed by atoms with van der Waals surface area (Å²) in [4.78, 5) is 4.09. The lowest BCUT2D eigenvalue weighted by Gasteiger charge is -2.06. The third-order valence-corrected chi connectivity index (χ3v) is 4.10. The Labute approximate surface area is 130 Å². The van der Waals surface area contributed by atoms with Gasteiger partial charge in [0, 0.05) is 22.5 Å². The first-order chi connectivity index (χ1) is 10.4. The number of benzene rings is 1. The lowest BCUT2D eigenvalue weighted by Crippen LogP contribution is -2.03. The fourth-order valence-corrected chi connectivity index (χ4v) is 2.91. The minimum atomic E-state index is -2.87. The fourth-order valence-electron chi connectivity index (χ4n) is 1.84. The van der Waals surface area contributed by atoms with Gasteiger partial charge in [-0.25, -0.2) is 4.98 Å². The van der Waals surface area contributed by atoms with Crippen molar-refractivity contribution >= 4 is 10.8 Å². The Morgan fingerprint density at radius 2 is 2.09 bits per heavy atom. The van der Waals surface area contributed by atoms with E-state index in [9.17, 15) is 13.0 Å². The van der Waals surface area contributed by atoms with E-state index in [2.05, 4.69) is 9.72 Å². The maximum atomic E-state index is 12.2. The number of oxazole rings is 1. The molecule has 0 fully saturated rings. The summed E-state index contributed by atoms with van der Waals surface area (Å²) in [6, 6.07) is 6.19. The molecule has 0 aliphatic rings. The standard InChI is InChI=1S/C15H17F2NO3S/c1-10(2)13-7-18-14(21-13)9-22(19)8-11-4-3-5-12(6-11)20-15(16)17/h3-7,10,15H,8-9H2,1-2H3/t22-/m0/s1. The molecule has 1 aromatic heterocycles. The largest absolute Gasteiger partial charge is 0.444 e. The van der Waals surface area contributed by atoms with E-state index >= 15 is 0 Å². The van der Waals surface area contributed by atoms with Crippen LogP contribution in [0, 0.1) is 0 Å². The lowest BCUT2D eigenvalue weighted by molar-refractivity contribution is -0.0498. The van der Waals surface area contributed by atoms with E-state index in [0.29, 0.717) is 11.5 Å². The number of aromatic nitrogens is 1. The van der Waals surface area contributed by atoms with Crippen LogP contribution < -0.4 is 4.74 Å². The van der Waals surface area contributed by atoms with Crippen molar-refractivity contribution in [2.24, 2.45) is 0 Å². The molecular formula is C15H17F2NO3S. The molecular weight excluding hydrogens is 312 g/mol. The zero-order chi connectivity index (χ0) is 16.1. The zero-order valence-electron chi connectivity index (χ0n) is 12.3. The van der Waals surface area contributed by atoms with E-state index in [1.165, 1.54) is 12.1 Å². The van der Waals surface area contributed by atoms with Crippen LogP contribution in [0.2, 0.25) is 0 Å². The number of halogens is 2. The molecule has 0 N–H and O–H groups in total. The predicted molar refractivity (Wildman–Crippen MR) is 79.2 cm³/mol. The Morgan fingerprint density at radius 3 is 2.73 bits per heavy atom. The fraction of sp³-hybridized carbons (Fsp3) is 0.400. The van der Waals surface area contributed by atoms with Crippen LogP contribution in [0.3, 0.4) is 0 Å². The van der Waals surface area contributed by atoms with Crippen molar-refractivity contribution in [1.82, 2.24) is 4.98 Å². The van der Waals surface area contributed by atoms with Gasteiger partial charge in [-0.2, -0.15) is 8.78 Å². The van der Waals surface area contributed by atoms with Gasteiger partial charge < -0.3 is 9.15 Å². The number of alkyl halides is 2. The molecule has 1 atom stereocenters. The van der Waals surface area contributed by atoms with Crippen LogP contribution in [-0.2, 0) is 22.3 Å². The quantitative estimate of drug-likeness (QED) is 0.774. The van der Waals surface area contributed by atoms with Gasteiger partial charge in [0.05, 0.1) is 6.20 Å². The summed E-state index contributed by atoms with van der Waals surface area (Å²) in [5.41, 5.74) is 0.659. The molecule has 0 unspecified atom stereocenters. The lowest BCUT2D eigenvalue weighted by atomic mass is 10.2. The van der Waals surface area contributed by atoms with Gasteiger partial charge in [0.15, 0.2) is 0 Å². The molecule has 0 bridgehead atoms. The maximum absolute atomic E-state index is 12.2. The van der Waals surface area contributed by atoms with Crippen molar-refractivity contribution in [3.63, 3.8) is 0 Å². The minimum absolute atomic E-state index is 0.0581. The second kappa shape index (κ2) is 7.49. The first-order valence-electron chi connectivity index (χ1n) is 6.77. The van der Waals surface area contributed by atoms with Crippen molar-refractivity contribution < 1.29 is 22.1 Å². The summed E-state index contributed by atoms with van der Waals surface area (Å²) < 4.78 is 46.3. The Balaban J connectivity index is 1.96. The van der Waals surface area contributed by atoms with E-state index in [1.54, 1.807) is 18.3 Å². The topological polar surface area (TPSA) is 52.3 Å². The molecule has 0 saturated heterocycles. The molecule has 1 heterocycles. The first kappa shape index (κ1) is 16.6. The molecule has 2 rings (SSSR count). The molecule has 7 heteroatoms. The van der Waals surface area contributed by atoms with Gasteiger partial charge >= 0.3 is 6.61 Å². The normalized spacial score (nSPS) is 12.8. The molecule has 1 aromatic carbocycles. The summed E-state index contributed by atoms with van der Waals surface area (Å²) >= 11 is 0. The van der Waals surface area contributed by atoms with Crippen LogP contribution in [0.1, 0.15) is 37.0 Å². The van der Waals surface area contributed by atoms with Crippen molar-refractivity contribution in [2.45, 2.75) is 37.9 Å². The number of ether oxygens (including phenoxy) is 1. The van der Waals surface area contributed by atoms with Crippen molar-refractivity contribution in [3.05, 3.63) is 47.7 Å². The highest BCUT2D eigenvalue weighted by Gasteiger charge is 2.12. The Morgan fingerprint density at radius 1 is 1.32 bits per heavy atom. The molecule has 0 spiro atoms. The van der Waals surface area contributed by atoms with Crippen molar-refractivity contribution in [2.75, 3.05) is 0 Å². The summed E-state index contributed by atoms with van der Waals surface area (Å²) in [5.74, 6) is 1.86. The Bertz CT molecular complexity index is 643. The van der Waals surface area contributed by atoms with Gasteiger partial charge in [0.2, 0.25) is 5.89 Å². The van der Waals surface area contributed by atoms with Crippen LogP contribution >= 0.6 is 0 Å². The van der Waals surface area contributed by atoms with Crippen LogP contribution in [0.4, 0.5) is 8.78 Å². The number of nitrogens with zero attached hydrogens (tertiary/aromatic N) is 1. The molecule has 4 nitrogen and oxygen atoms in total. The SMILES string of the molecule is CC(C)c1cnc(C[S@@](=O)Cc2cccc(OC(F)F)c2)o1. The highest BCUT2D eigenvalue weighted by atomic mass is 32.2. The molecule has 0 amide bonds. The summed E-state index contributed by atoms with van der Waals surface area (Å²) in [6.07, 6.45) is 1.63. The van der Waals surface area contributed by atoms with Gasteiger partial charge in [-0.3, -0.25) is 4.21 Å². The second-order valence-corrected chi connectivity index (χ2v) is 6.52. The predicted octanol–water partition coefficient (Wildman–Crippen LogP) is 3.85. The molecule has 0 saturated carbocycles. The van der Waals surface area contributed by atoms with E-state index < -0.39 is 17.4 Å². The van der Waals surface area contributed by atoms with Gasteiger partial charge in [-0.15, -0.1) is 0 Å². The molecule has 120 valence electrons. The second-order valence-electron chi connectivity index (χ2n) is 5.07. The Kier molecular flexibility index (Phi) is 5.65. The summed E-state index contributed by atoms with van der Waals surface area (Å²) in [6.45, 7) is 1.09. The van der Waals surface area contributed by atoms with Gasteiger partial charge in [-0.05, 0) is 17.7 Å². The van der Waals surface area contributed by atoms with Crippen molar-refractivity contribution in [3.8, 4) is 5.75 Å². The van der Waals surface area contributed by atoms with Gasteiger partial charge in [0.25, 0.3) is 0 Å². The van der Waals surface area contributed by atoms with E-state index in [0.717, 1.165) is 5.76 Å². The average Bonchev–Trinajstić information content (AvgIpc) is 2.86. The monoisotopic (exact) mass is 329 g/mol. The number of rotatable bonds is 7. The average molecular weight is 329 g/mol.